The van der Waals surface area contributed by atoms with Gasteiger partial charge in [-0.2, -0.15) is 0 Å². The Morgan fingerprint density at radius 1 is 1.61 bits per heavy atom. The second-order valence-corrected chi connectivity index (χ2v) is 4.63. The van der Waals surface area contributed by atoms with Crippen molar-refractivity contribution in [3.8, 4) is 0 Å². The van der Waals surface area contributed by atoms with Gasteiger partial charge in [-0.3, -0.25) is 0 Å². The van der Waals surface area contributed by atoms with Crippen LogP contribution in [-0.4, -0.2) is 29.5 Å². The number of pyridine rings is 1. The minimum absolute atomic E-state index is 0.0501. The van der Waals surface area contributed by atoms with Crippen molar-refractivity contribution < 1.29 is 4.92 Å². The van der Waals surface area contributed by atoms with E-state index in [1.165, 1.54) is 6.20 Å². The number of anilines is 1. The highest BCUT2D eigenvalue weighted by Gasteiger charge is 2.25. The van der Waals surface area contributed by atoms with Crippen LogP contribution >= 0.6 is 0 Å². The van der Waals surface area contributed by atoms with E-state index in [1.807, 2.05) is 0 Å². The molecule has 0 bridgehead atoms. The molecular formula is C12H18N4O2. The molecule has 6 nitrogen and oxygen atoms in total. The Labute approximate surface area is 106 Å². The first-order valence-corrected chi connectivity index (χ1v) is 6.26. The van der Waals surface area contributed by atoms with Crippen molar-refractivity contribution in [2.24, 2.45) is 11.7 Å². The second-order valence-electron chi connectivity index (χ2n) is 4.63. The lowest BCUT2D eigenvalue weighted by Gasteiger charge is -2.33. The summed E-state index contributed by atoms with van der Waals surface area (Å²) in [5, 5.41) is 11.0. The third-order valence-electron chi connectivity index (χ3n) is 3.37. The zero-order chi connectivity index (χ0) is 13.0. The van der Waals surface area contributed by atoms with E-state index in [9.17, 15) is 10.1 Å². The quantitative estimate of drug-likeness (QED) is 0.647. The largest absolute Gasteiger partial charge is 0.387 e. The fraction of sp³-hybridized carbons (Fsp3) is 0.583. The lowest BCUT2D eigenvalue weighted by Crippen LogP contribution is -2.36. The van der Waals surface area contributed by atoms with Gasteiger partial charge in [0, 0.05) is 13.1 Å². The Balaban J connectivity index is 2.18. The summed E-state index contributed by atoms with van der Waals surface area (Å²) in [7, 11) is 0. The van der Waals surface area contributed by atoms with Gasteiger partial charge in [0.05, 0.1) is 0 Å². The lowest BCUT2D eigenvalue weighted by molar-refractivity contribution is -0.388. The lowest BCUT2D eigenvalue weighted by atomic mass is 9.94. The summed E-state index contributed by atoms with van der Waals surface area (Å²) in [6.45, 7) is 2.37. The van der Waals surface area contributed by atoms with Gasteiger partial charge in [0.15, 0.2) is 0 Å². The number of piperidine rings is 1. The van der Waals surface area contributed by atoms with E-state index in [4.69, 9.17) is 5.73 Å². The van der Waals surface area contributed by atoms with E-state index in [0.717, 1.165) is 32.4 Å². The van der Waals surface area contributed by atoms with E-state index in [1.54, 1.807) is 12.1 Å². The Morgan fingerprint density at radius 2 is 2.44 bits per heavy atom. The van der Waals surface area contributed by atoms with Crippen LogP contribution in [0, 0.1) is 16.0 Å². The topological polar surface area (TPSA) is 85.3 Å². The van der Waals surface area contributed by atoms with Crippen LogP contribution in [0.3, 0.4) is 0 Å². The molecule has 2 heterocycles. The summed E-state index contributed by atoms with van der Waals surface area (Å²) < 4.78 is 0. The molecule has 1 atom stereocenters. The van der Waals surface area contributed by atoms with E-state index < -0.39 is 4.92 Å². The molecule has 1 aliphatic heterocycles. The Kier molecular flexibility index (Phi) is 4.09. The average Bonchev–Trinajstić information content (AvgIpc) is 2.39. The highest BCUT2D eigenvalue weighted by Crippen LogP contribution is 2.30. The van der Waals surface area contributed by atoms with Crippen LogP contribution in [0.4, 0.5) is 11.5 Å². The molecule has 18 heavy (non-hydrogen) atoms. The zero-order valence-corrected chi connectivity index (χ0v) is 10.3. The molecule has 1 aliphatic rings. The number of nitro groups is 1. The van der Waals surface area contributed by atoms with Gasteiger partial charge >= 0.3 is 5.82 Å². The Bertz CT molecular complexity index is 422. The SMILES string of the molecule is NCCC1CCCN(c2cccnc2[N+](=O)[O-])C1. The molecule has 0 saturated carbocycles. The molecule has 1 fully saturated rings. The van der Waals surface area contributed by atoms with Crippen LogP contribution in [0.15, 0.2) is 18.3 Å². The van der Waals surface area contributed by atoms with Gasteiger partial charge < -0.3 is 20.7 Å². The summed E-state index contributed by atoms with van der Waals surface area (Å²) in [5.41, 5.74) is 6.21. The number of nitrogens with zero attached hydrogens (tertiary/aromatic N) is 3. The first-order chi connectivity index (χ1) is 8.72. The summed E-state index contributed by atoms with van der Waals surface area (Å²) in [4.78, 5) is 16.5. The van der Waals surface area contributed by atoms with Gasteiger partial charge in [-0.15, -0.1) is 0 Å². The molecule has 0 aliphatic carbocycles. The molecule has 2 N–H and O–H groups in total. The maximum absolute atomic E-state index is 11.0. The van der Waals surface area contributed by atoms with Crippen molar-refractivity contribution >= 4 is 11.5 Å². The predicted octanol–water partition coefficient (Wildman–Crippen LogP) is 1.56. The molecule has 0 spiro atoms. The van der Waals surface area contributed by atoms with Crippen molar-refractivity contribution in [1.29, 1.82) is 0 Å². The fourth-order valence-electron chi connectivity index (χ4n) is 2.53. The smallest absolute Gasteiger partial charge is 0.364 e. The molecule has 1 aromatic heterocycles. The monoisotopic (exact) mass is 250 g/mol. The molecular weight excluding hydrogens is 232 g/mol. The highest BCUT2D eigenvalue weighted by atomic mass is 16.6. The van der Waals surface area contributed by atoms with E-state index >= 15 is 0 Å². The van der Waals surface area contributed by atoms with Crippen molar-refractivity contribution in [3.05, 3.63) is 28.4 Å². The first kappa shape index (κ1) is 12.8. The van der Waals surface area contributed by atoms with Crippen LogP contribution in [0.1, 0.15) is 19.3 Å². The van der Waals surface area contributed by atoms with Gasteiger partial charge in [-0.25, -0.2) is 0 Å². The van der Waals surface area contributed by atoms with Crippen molar-refractivity contribution in [2.75, 3.05) is 24.5 Å². The zero-order valence-electron chi connectivity index (χ0n) is 10.3. The average molecular weight is 250 g/mol. The Morgan fingerprint density at radius 3 is 3.17 bits per heavy atom. The summed E-state index contributed by atoms with van der Waals surface area (Å²) in [6, 6.07) is 3.52. The van der Waals surface area contributed by atoms with Crippen LogP contribution in [-0.2, 0) is 0 Å². The maximum Gasteiger partial charge on any atom is 0.387 e. The second kappa shape index (κ2) is 5.77. The normalized spacial score (nSPS) is 19.8. The molecule has 0 amide bonds. The van der Waals surface area contributed by atoms with Crippen LogP contribution in [0.25, 0.3) is 0 Å². The highest BCUT2D eigenvalue weighted by molar-refractivity contribution is 5.59. The van der Waals surface area contributed by atoms with Gasteiger partial charge in [-0.05, 0) is 53.8 Å². The molecule has 6 heteroatoms. The number of hydrogen-bond acceptors (Lipinski definition) is 5. The van der Waals surface area contributed by atoms with E-state index in [-0.39, 0.29) is 5.82 Å². The van der Waals surface area contributed by atoms with E-state index in [0.29, 0.717) is 18.2 Å². The minimum atomic E-state index is -0.415. The van der Waals surface area contributed by atoms with Gasteiger partial charge in [0.1, 0.15) is 11.9 Å². The standard InChI is InChI=1S/C12H18N4O2/c13-6-5-10-3-2-8-15(9-10)11-4-1-7-14-12(11)16(17)18/h1,4,7,10H,2-3,5-6,8-9,13H2. The van der Waals surface area contributed by atoms with Crippen molar-refractivity contribution in [1.82, 2.24) is 4.98 Å². The number of aromatic nitrogens is 1. The number of hydrogen-bond donors (Lipinski definition) is 1. The van der Waals surface area contributed by atoms with Crippen molar-refractivity contribution in [2.45, 2.75) is 19.3 Å². The summed E-state index contributed by atoms with van der Waals surface area (Å²) in [6.07, 6.45) is 4.64. The number of rotatable bonds is 4. The molecule has 0 aromatic carbocycles. The fourth-order valence-corrected chi connectivity index (χ4v) is 2.53. The first-order valence-electron chi connectivity index (χ1n) is 6.26. The van der Waals surface area contributed by atoms with Crippen LogP contribution in [0.5, 0.6) is 0 Å². The predicted molar refractivity (Wildman–Crippen MR) is 69.5 cm³/mol. The molecule has 2 rings (SSSR count). The van der Waals surface area contributed by atoms with Crippen LogP contribution < -0.4 is 10.6 Å². The molecule has 98 valence electrons. The third kappa shape index (κ3) is 2.76. The molecule has 1 saturated heterocycles. The molecule has 1 aromatic rings. The Hall–Kier alpha value is -1.69. The van der Waals surface area contributed by atoms with Gasteiger partial charge in [0.25, 0.3) is 0 Å². The van der Waals surface area contributed by atoms with E-state index in [2.05, 4.69) is 9.88 Å². The van der Waals surface area contributed by atoms with Gasteiger partial charge in [0.2, 0.25) is 0 Å². The van der Waals surface area contributed by atoms with Crippen LogP contribution in [0.2, 0.25) is 0 Å². The third-order valence-corrected chi connectivity index (χ3v) is 3.37. The van der Waals surface area contributed by atoms with Gasteiger partial charge in [-0.1, -0.05) is 0 Å². The minimum Gasteiger partial charge on any atom is -0.364 e. The maximum atomic E-state index is 11.0. The summed E-state index contributed by atoms with van der Waals surface area (Å²) >= 11 is 0. The van der Waals surface area contributed by atoms with Crippen molar-refractivity contribution in [3.63, 3.8) is 0 Å². The molecule has 0 radical (unpaired) electrons. The molecule has 1 unspecified atom stereocenters. The number of nitrogens with two attached hydrogens (primary N) is 1. The summed E-state index contributed by atoms with van der Waals surface area (Å²) in [5.74, 6) is 0.481.